The topological polar surface area (TPSA) is 73.0 Å². The van der Waals surface area contributed by atoms with Crippen molar-refractivity contribution in [3.63, 3.8) is 0 Å². The number of hydrogen-bond acceptors (Lipinski definition) is 4. The molecule has 7 nitrogen and oxygen atoms in total. The molecule has 152 valence electrons. The van der Waals surface area contributed by atoms with Crippen LogP contribution in [0.1, 0.15) is 18.4 Å². The number of carbonyl (C=O) groups is 3. The highest BCUT2D eigenvalue weighted by Crippen LogP contribution is 2.20. The van der Waals surface area contributed by atoms with Gasteiger partial charge in [-0.15, -0.1) is 0 Å². The lowest BCUT2D eigenvalue weighted by atomic mass is 10.0. The zero-order chi connectivity index (χ0) is 20.2. The maximum absolute atomic E-state index is 12.5. The second-order valence-corrected chi connectivity index (χ2v) is 7.60. The van der Waals surface area contributed by atoms with E-state index in [1.54, 1.807) is 0 Å². The lowest BCUT2D eigenvalue weighted by Gasteiger charge is -2.35. The minimum absolute atomic E-state index is 0.0610. The second kappa shape index (κ2) is 8.61. The Morgan fingerprint density at radius 2 is 1.72 bits per heavy atom. The predicted octanol–water partition coefficient (Wildman–Crippen LogP) is 1.82. The number of piperazine rings is 1. The molecule has 2 aliphatic rings. The van der Waals surface area contributed by atoms with E-state index in [4.69, 9.17) is 0 Å². The van der Waals surface area contributed by atoms with Gasteiger partial charge in [0.05, 0.1) is 6.54 Å². The van der Waals surface area contributed by atoms with E-state index in [2.05, 4.69) is 52.7 Å². The molecule has 2 saturated heterocycles. The molecule has 7 heteroatoms. The number of fused-ring (bicyclic) bond motifs is 1. The average molecular weight is 394 g/mol. The van der Waals surface area contributed by atoms with Gasteiger partial charge in [0, 0.05) is 45.7 Å². The molecule has 0 spiro atoms. The van der Waals surface area contributed by atoms with Crippen molar-refractivity contribution in [3.8, 4) is 0 Å². The summed E-state index contributed by atoms with van der Waals surface area (Å²) >= 11 is 0. The number of amides is 4. The van der Waals surface area contributed by atoms with Crippen LogP contribution < -0.4 is 5.32 Å². The molecule has 0 bridgehead atoms. The molecule has 4 amide bonds. The Labute approximate surface area is 170 Å². The van der Waals surface area contributed by atoms with Crippen LogP contribution in [-0.2, 0) is 16.1 Å². The van der Waals surface area contributed by atoms with Crippen molar-refractivity contribution in [2.75, 3.05) is 39.3 Å². The van der Waals surface area contributed by atoms with Crippen molar-refractivity contribution >= 4 is 28.6 Å². The van der Waals surface area contributed by atoms with Gasteiger partial charge in [0.25, 0.3) is 0 Å². The first kappa shape index (κ1) is 19.4. The van der Waals surface area contributed by atoms with Gasteiger partial charge in [0.2, 0.25) is 11.8 Å². The van der Waals surface area contributed by atoms with Gasteiger partial charge in [-0.05, 0) is 22.8 Å². The Morgan fingerprint density at radius 1 is 0.966 bits per heavy atom. The van der Waals surface area contributed by atoms with Gasteiger partial charge < -0.3 is 10.2 Å². The molecule has 2 aromatic carbocycles. The molecule has 0 saturated carbocycles. The van der Waals surface area contributed by atoms with Gasteiger partial charge in [-0.1, -0.05) is 42.5 Å². The summed E-state index contributed by atoms with van der Waals surface area (Å²) in [6.07, 6.45) is 0.870. The number of benzene rings is 2. The number of imide groups is 1. The van der Waals surface area contributed by atoms with Crippen LogP contribution in [0.15, 0.2) is 42.5 Å². The summed E-state index contributed by atoms with van der Waals surface area (Å²) in [5.41, 5.74) is 1.32. The fourth-order valence-electron chi connectivity index (χ4n) is 4.05. The molecule has 2 aromatic rings. The van der Waals surface area contributed by atoms with Crippen LogP contribution in [0.4, 0.5) is 4.79 Å². The predicted molar refractivity (Wildman–Crippen MR) is 110 cm³/mol. The Hall–Kier alpha value is -2.93. The zero-order valence-corrected chi connectivity index (χ0v) is 16.5. The molecular weight excluding hydrogens is 368 g/mol. The second-order valence-electron chi connectivity index (χ2n) is 7.60. The average Bonchev–Trinajstić information content (AvgIpc) is 3.06. The molecule has 2 aliphatic heterocycles. The standard InChI is InChI=1S/C22H26N4O3/c27-20(9-4-10-26-21(28)15-23-22(26)29)25-13-11-24(12-14-25)16-18-7-3-6-17-5-1-2-8-19(17)18/h1-3,5-8H,4,9-16H2,(H,23,29). The van der Waals surface area contributed by atoms with Gasteiger partial charge >= 0.3 is 6.03 Å². The summed E-state index contributed by atoms with van der Waals surface area (Å²) in [7, 11) is 0. The zero-order valence-electron chi connectivity index (χ0n) is 16.5. The lowest BCUT2D eigenvalue weighted by Crippen LogP contribution is -2.48. The molecule has 1 N–H and O–H groups in total. The third kappa shape index (κ3) is 4.40. The maximum atomic E-state index is 12.5. The minimum Gasteiger partial charge on any atom is -0.340 e. The van der Waals surface area contributed by atoms with Crippen LogP contribution >= 0.6 is 0 Å². The number of rotatable bonds is 6. The van der Waals surface area contributed by atoms with E-state index >= 15 is 0 Å². The minimum atomic E-state index is -0.357. The highest BCUT2D eigenvalue weighted by Gasteiger charge is 2.28. The highest BCUT2D eigenvalue weighted by molar-refractivity contribution is 6.01. The molecule has 4 rings (SSSR count). The molecule has 29 heavy (non-hydrogen) atoms. The van der Waals surface area contributed by atoms with Crippen molar-refractivity contribution in [1.29, 1.82) is 0 Å². The van der Waals surface area contributed by atoms with Crippen LogP contribution in [0, 0.1) is 0 Å². The molecule has 0 aliphatic carbocycles. The van der Waals surface area contributed by atoms with E-state index in [0.717, 1.165) is 19.6 Å². The van der Waals surface area contributed by atoms with E-state index in [1.807, 2.05) is 4.90 Å². The summed E-state index contributed by atoms with van der Waals surface area (Å²) < 4.78 is 0. The first-order valence-electron chi connectivity index (χ1n) is 10.2. The normalized spacial score (nSPS) is 17.8. The van der Waals surface area contributed by atoms with Gasteiger partial charge in [0.1, 0.15) is 0 Å². The molecule has 2 fully saturated rings. The third-order valence-corrected chi connectivity index (χ3v) is 5.71. The highest BCUT2D eigenvalue weighted by atomic mass is 16.2. The fourth-order valence-corrected chi connectivity index (χ4v) is 4.05. The van der Waals surface area contributed by atoms with Crippen molar-refractivity contribution in [2.45, 2.75) is 19.4 Å². The SMILES string of the molecule is O=C(CCCN1C(=O)CNC1=O)N1CCN(Cc2cccc3ccccc23)CC1. The number of nitrogens with one attached hydrogen (secondary N) is 1. The fraction of sp³-hybridized carbons (Fsp3) is 0.409. The summed E-state index contributed by atoms with van der Waals surface area (Å²) in [5, 5.41) is 5.03. The number of urea groups is 1. The van der Waals surface area contributed by atoms with Crippen LogP contribution in [0.5, 0.6) is 0 Å². The van der Waals surface area contributed by atoms with Crippen molar-refractivity contribution < 1.29 is 14.4 Å². The van der Waals surface area contributed by atoms with E-state index < -0.39 is 0 Å². The smallest absolute Gasteiger partial charge is 0.324 e. The molecule has 0 unspecified atom stereocenters. The van der Waals surface area contributed by atoms with E-state index in [-0.39, 0.29) is 24.4 Å². The van der Waals surface area contributed by atoms with Gasteiger partial charge in [-0.2, -0.15) is 0 Å². The summed E-state index contributed by atoms with van der Waals surface area (Å²) in [6, 6.07) is 14.5. The lowest BCUT2D eigenvalue weighted by molar-refractivity contribution is -0.133. The summed E-state index contributed by atoms with van der Waals surface area (Å²) in [6.45, 7) is 4.38. The summed E-state index contributed by atoms with van der Waals surface area (Å²) in [5.74, 6) is -0.119. The molecule has 0 radical (unpaired) electrons. The Morgan fingerprint density at radius 3 is 2.48 bits per heavy atom. The van der Waals surface area contributed by atoms with Crippen LogP contribution in [0.3, 0.4) is 0 Å². The van der Waals surface area contributed by atoms with Crippen molar-refractivity contribution in [2.24, 2.45) is 0 Å². The largest absolute Gasteiger partial charge is 0.340 e. The quantitative estimate of drug-likeness (QED) is 0.759. The molecule has 0 atom stereocenters. The Kier molecular flexibility index (Phi) is 5.76. The van der Waals surface area contributed by atoms with Gasteiger partial charge in [-0.3, -0.25) is 19.4 Å². The molecule has 0 aromatic heterocycles. The summed E-state index contributed by atoms with van der Waals surface area (Å²) in [4.78, 5) is 41.0. The number of carbonyl (C=O) groups excluding carboxylic acids is 3. The Balaban J connectivity index is 1.24. The Bertz CT molecular complexity index is 900. The first-order valence-corrected chi connectivity index (χ1v) is 10.2. The molecule has 2 heterocycles. The maximum Gasteiger partial charge on any atom is 0.324 e. The van der Waals surface area contributed by atoms with E-state index in [0.29, 0.717) is 32.5 Å². The van der Waals surface area contributed by atoms with Gasteiger partial charge in [0.15, 0.2) is 0 Å². The van der Waals surface area contributed by atoms with Crippen LogP contribution in [0.25, 0.3) is 10.8 Å². The number of nitrogens with zero attached hydrogens (tertiary/aromatic N) is 3. The van der Waals surface area contributed by atoms with Crippen molar-refractivity contribution in [3.05, 3.63) is 48.0 Å². The molecular formula is C22H26N4O3. The van der Waals surface area contributed by atoms with Crippen LogP contribution in [-0.4, -0.2) is 71.8 Å². The van der Waals surface area contributed by atoms with Crippen LogP contribution in [0.2, 0.25) is 0 Å². The van der Waals surface area contributed by atoms with Crippen molar-refractivity contribution in [1.82, 2.24) is 20.0 Å². The van der Waals surface area contributed by atoms with E-state index in [9.17, 15) is 14.4 Å². The number of hydrogen-bond donors (Lipinski definition) is 1. The monoisotopic (exact) mass is 394 g/mol. The third-order valence-electron chi connectivity index (χ3n) is 5.71. The first-order chi connectivity index (χ1) is 14.1. The van der Waals surface area contributed by atoms with Gasteiger partial charge in [-0.25, -0.2) is 4.79 Å². The van der Waals surface area contributed by atoms with E-state index in [1.165, 1.54) is 21.2 Å².